The van der Waals surface area contributed by atoms with Crippen molar-refractivity contribution >= 4 is 29.1 Å². The fraction of sp³-hybridized carbons (Fsp3) is 0.167. The third-order valence-electron chi connectivity index (χ3n) is 4.58. The number of amides is 3. The van der Waals surface area contributed by atoms with Crippen LogP contribution in [0.15, 0.2) is 40.7 Å². The van der Waals surface area contributed by atoms with E-state index in [0.29, 0.717) is 0 Å². The minimum absolute atomic E-state index is 0.0538. The van der Waals surface area contributed by atoms with Crippen LogP contribution in [0.5, 0.6) is 0 Å². The van der Waals surface area contributed by atoms with Crippen LogP contribution in [0.1, 0.15) is 0 Å². The van der Waals surface area contributed by atoms with E-state index in [1.807, 2.05) is 0 Å². The van der Waals surface area contributed by atoms with Gasteiger partial charge in [-0.2, -0.15) is 5.11 Å². The Morgan fingerprint density at radius 3 is 2.32 bits per heavy atom. The Bertz CT molecular complexity index is 1130. The van der Waals surface area contributed by atoms with Gasteiger partial charge in [0.15, 0.2) is 35.4 Å². The maximum Gasteiger partial charge on any atom is 0.263 e. The first-order valence-electron chi connectivity index (χ1n) is 8.62. The van der Waals surface area contributed by atoms with Crippen molar-refractivity contribution in [2.45, 2.75) is 12.1 Å². The molecule has 0 aromatic heterocycles. The van der Waals surface area contributed by atoms with Gasteiger partial charge in [0.2, 0.25) is 5.91 Å². The number of imide groups is 1. The molecular formula is C18H10F5N5O3. The fourth-order valence-corrected chi connectivity index (χ4v) is 3.24. The molecule has 0 unspecified atom stereocenters. The van der Waals surface area contributed by atoms with Gasteiger partial charge >= 0.3 is 0 Å². The maximum absolute atomic E-state index is 14.1. The number of benzene rings is 2. The summed E-state index contributed by atoms with van der Waals surface area (Å²) in [4.78, 5) is 37.3. The van der Waals surface area contributed by atoms with E-state index in [-0.39, 0.29) is 16.7 Å². The molecule has 1 fully saturated rings. The number of fused-ring (bicyclic) bond motifs is 1. The average molecular weight is 439 g/mol. The minimum Gasteiger partial charge on any atom is -0.324 e. The van der Waals surface area contributed by atoms with E-state index < -0.39 is 71.1 Å². The summed E-state index contributed by atoms with van der Waals surface area (Å²) >= 11 is 0. The van der Waals surface area contributed by atoms with Gasteiger partial charge in [-0.25, -0.2) is 26.9 Å². The van der Waals surface area contributed by atoms with Gasteiger partial charge in [0.05, 0.1) is 0 Å². The fourth-order valence-electron chi connectivity index (χ4n) is 3.24. The summed E-state index contributed by atoms with van der Waals surface area (Å²) in [5.74, 6) is -11.4. The monoisotopic (exact) mass is 439 g/mol. The second kappa shape index (κ2) is 7.41. The molecule has 1 N–H and O–H groups in total. The standard InChI is InChI=1S/C18H10F5N5O3/c19-7-2-1-3-8(4-7)24-11(29)6-27-16-14(25-26-27)17(30)28(18(16)31)15-12(22)9(20)5-10(21)13(15)23/h1-5,14,16H,6H2,(H,24,29)/t14-,16-/m1/s1. The third-order valence-corrected chi connectivity index (χ3v) is 4.58. The van der Waals surface area contributed by atoms with Crippen molar-refractivity contribution in [3.63, 3.8) is 0 Å². The number of hydrogen-bond acceptors (Lipinski definition) is 6. The molecule has 8 nitrogen and oxygen atoms in total. The van der Waals surface area contributed by atoms with E-state index in [1.54, 1.807) is 0 Å². The van der Waals surface area contributed by atoms with E-state index in [1.165, 1.54) is 12.1 Å². The zero-order valence-corrected chi connectivity index (χ0v) is 15.2. The number of hydrogen-bond donors (Lipinski definition) is 1. The molecule has 2 atom stereocenters. The lowest BCUT2D eigenvalue weighted by atomic mass is 10.1. The normalized spacial score (nSPS) is 19.9. The van der Waals surface area contributed by atoms with Crippen molar-refractivity contribution in [2.75, 3.05) is 16.8 Å². The average Bonchev–Trinajstić information content (AvgIpc) is 3.21. The van der Waals surface area contributed by atoms with Gasteiger partial charge in [0, 0.05) is 11.8 Å². The first kappa shape index (κ1) is 20.4. The second-order valence-electron chi connectivity index (χ2n) is 6.58. The van der Waals surface area contributed by atoms with Crippen molar-refractivity contribution in [3.8, 4) is 0 Å². The molecule has 3 amide bonds. The number of nitrogens with zero attached hydrogens (tertiary/aromatic N) is 4. The van der Waals surface area contributed by atoms with Gasteiger partial charge in [0.1, 0.15) is 18.0 Å². The lowest BCUT2D eigenvalue weighted by molar-refractivity contribution is -0.123. The summed E-state index contributed by atoms with van der Waals surface area (Å²) < 4.78 is 68.5. The topological polar surface area (TPSA) is 94.4 Å². The first-order valence-corrected chi connectivity index (χ1v) is 8.62. The lowest BCUT2D eigenvalue weighted by Crippen LogP contribution is -2.43. The Morgan fingerprint density at radius 2 is 1.68 bits per heavy atom. The first-order chi connectivity index (χ1) is 14.7. The summed E-state index contributed by atoms with van der Waals surface area (Å²) in [5, 5.41) is 10.2. The largest absolute Gasteiger partial charge is 0.324 e. The van der Waals surface area contributed by atoms with Crippen LogP contribution < -0.4 is 10.2 Å². The Kier molecular flexibility index (Phi) is 4.87. The highest BCUT2D eigenvalue weighted by atomic mass is 19.2. The SMILES string of the molecule is O=C(CN1N=N[C@H]2C(=O)N(c3c(F)c(F)cc(F)c3F)C(=O)[C@@H]21)Nc1cccc(F)c1. The molecule has 13 heteroatoms. The van der Waals surface area contributed by atoms with Crippen LogP contribution in [-0.2, 0) is 14.4 Å². The molecule has 2 aliphatic rings. The maximum atomic E-state index is 14.1. The zero-order chi connectivity index (χ0) is 22.4. The molecule has 2 heterocycles. The van der Waals surface area contributed by atoms with Crippen LogP contribution in [0.4, 0.5) is 33.3 Å². The van der Waals surface area contributed by atoms with Gasteiger partial charge in [0.25, 0.3) is 11.8 Å². The molecular weight excluding hydrogens is 429 g/mol. The molecule has 0 aliphatic carbocycles. The summed E-state index contributed by atoms with van der Waals surface area (Å²) in [6.07, 6.45) is 0. The molecule has 2 aliphatic heterocycles. The molecule has 4 rings (SSSR count). The molecule has 160 valence electrons. The molecule has 0 radical (unpaired) electrons. The van der Waals surface area contributed by atoms with Gasteiger partial charge in [-0.3, -0.25) is 19.4 Å². The number of rotatable bonds is 4. The Balaban J connectivity index is 1.57. The van der Waals surface area contributed by atoms with E-state index >= 15 is 0 Å². The Morgan fingerprint density at radius 1 is 1.00 bits per heavy atom. The van der Waals surface area contributed by atoms with Crippen molar-refractivity contribution in [1.29, 1.82) is 0 Å². The molecule has 0 saturated carbocycles. The predicted octanol–water partition coefficient (Wildman–Crippen LogP) is 2.31. The van der Waals surface area contributed by atoms with Crippen molar-refractivity contribution in [3.05, 3.63) is 59.4 Å². The van der Waals surface area contributed by atoms with Gasteiger partial charge in [-0.05, 0) is 18.2 Å². The number of carbonyl (C=O) groups is 3. The quantitative estimate of drug-likeness (QED) is 0.450. The molecule has 2 aromatic rings. The summed E-state index contributed by atoms with van der Waals surface area (Å²) in [6.45, 7) is -0.628. The zero-order valence-electron chi connectivity index (χ0n) is 15.2. The number of halogens is 5. The molecule has 2 aromatic carbocycles. The van der Waals surface area contributed by atoms with Crippen LogP contribution in [-0.4, -0.2) is 41.4 Å². The highest BCUT2D eigenvalue weighted by molar-refractivity contribution is 6.25. The predicted molar refractivity (Wildman–Crippen MR) is 92.9 cm³/mol. The van der Waals surface area contributed by atoms with E-state index in [9.17, 15) is 36.3 Å². The smallest absolute Gasteiger partial charge is 0.263 e. The van der Waals surface area contributed by atoms with E-state index in [2.05, 4.69) is 15.7 Å². The second-order valence-corrected chi connectivity index (χ2v) is 6.58. The highest BCUT2D eigenvalue weighted by Gasteiger charge is 2.56. The molecule has 1 saturated heterocycles. The summed E-state index contributed by atoms with van der Waals surface area (Å²) in [5.41, 5.74) is -1.41. The molecule has 0 bridgehead atoms. The van der Waals surface area contributed by atoms with Gasteiger partial charge in [-0.1, -0.05) is 11.3 Å². The van der Waals surface area contributed by atoms with Crippen LogP contribution in [0.25, 0.3) is 0 Å². The van der Waals surface area contributed by atoms with E-state index in [0.717, 1.165) is 17.1 Å². The van der Waals surface area contributed by atoms with Crippen LogP contribution in [0.2, 0.25) is 0 Å². The minimum atomic E-state index is -1.94. The van der Waals surface area contributed by atoms with Crippen LogP contribution in [0, 0.1) is 29.1 Å². The van der Waals surface area contributed by atoms with Gasteiger partial charge in [-0.15, -0.1) is 0 Å². The number of carbonyl (C=O) groups excluding carboxylic acids is 3. The summed E-state index contributed by atoms with van der Waals surface area (Å²) in [6, 6.07) is 1.72. The van der Waals surface area contributed by atoms with Crippen molar-refractivity contribution < 1.29 is 36.3 Å². The Hall–Kier alpha value is -3.90. The van der Waals surface area contributed by atoms with E-state index in [4.69, 9.17) is 0 Å². The van der Waals surface area contributed by atoms with Crippen molar-refractivity contribution in [2.24, 2.45) is 10.3 Å². The van der Waals surface area contributed by atoms with Gasteiger partial charge < -0.3 is 5.32 Å². The van der Waals surface area contributed by atoms with Crippen molar-refractivity contribution in [1.82, 2.24) is 5.01 Å². The Labute approximate surface area is 169 Å². The lowest BCUT2D eigenvalue weighted by Gasteiger charge is -2.21. The van der Waals surface area contributed by atoms with Crippen LogP contribution >= 0.6 is 0 Å². The van der Waals surface area contributed by atoms with Crippen LogP contribution in [0.3, 0.4) is 0 Å². The molecule has 0 spiro atoms. The number of anilines is 2. The number of nitrogens with one attached hydrogen (secondary N) is 1. The third kappa shape index (κ3) is 3.37. The highest BCUT2D eigenvalue weighted by Crippen LogP contribution is 2.36. The molecule has 31 heavy (non-hydrogen) atoms. The summed E-state index contributed by atoms with van der Waals surface area (Å²) in [7, 11) is 0.